The lowest BCUT2D eigenvalue weighted by Crippen LogP contribution is -2.16. The lowest BCUT2D eigenvalue weighted by molar-refractivity contribution is 0.413. The molecular formula is C22H22ClNO2. The van der Waals surface area contributed by atoms with Gasteiger partial charge >= 0.3 is 0 Å². The molecule has 0 aliphatic heterocycles. The van der Waals surface area contributed by atoms with Gasteiger partial charge in [0.2, 0.25) is 0 Å². The molecule has 0 radical (unpaired) electrons. The lowest BCUT2D eigenvalue weighted by atomic mass is 10.1. The zero-order chi connectivity index (χ0) is 18.2. The van der Waals surface area contributed by atoms with Crippen molar-refractivity contribution in [1.29, 1.82) is 0 Å². The molecule has 0 aliphatic rings. The summed E-state index contributed by atoms with van der Waals surface area (Å²) in [7, 11) is 1.65. The van der Waals surface area contributed by atoms with Gasteiger partial charge in [0, 0.05) is 11.6 Å². The number of hydrogen-bond donors (Lipinski definition) is 1. The largest absolute Gasteiger partial charge is 0.497 e. The van der Waals surface area contributed by atoms with Gasteiger partial charge in [-0.05, 0) is 72.6 Å². The fraction of sp³-hybridized carbons (Fsp3) is 0.182. The first-order chi connectivity index (χ1) is 12.7. The molecule has 0 heterocycles. The van der Waals surface area contributed by atoms with Crippen molar-refractivity contribution in [2.45, 2.75) is 13.0 Å². The quantitative estimate of drug-likeness (QED) is 0.535. The summed E-state index contributed by atoms with van der Waals surface area (Å²) in [6.07, 6.45) is 0.947. The van der Waals surface area contributed by atoms with Crippen molar-refractivity contribution in [3.8, 4) is 17.2 Å². The number of methoxy groups -OCH3 is 1. The van der Waals surface area contributed by atoms with Gasteiger partial charge in [0.25, 0.3) is 0 Å². The molecule has 4 heteroatoms. The summed E-state index contributed by atoms with van der Waals surface area (Å²) in [6, 6.07) is 23.7. The zero-order valence-corrected chi connectivity index (χ0v) is 15.5. The van der Waals surface area contributed by atoms with E-state index in [2.05, 4.69) is 23.5 Å². The third-order valence-corrected chi connectivity index (χ3v) is 4.24. The summed E-state index contributed by atoms with van der Waals surface area (Å²) in [4.78, 5) is 0. The average Bonchev–Trinajstić information content (AvgIpc) is 2.66. The third kappa shape index (κ3) is 5.51. The Balaban J connectivity index is 1.50. The van der Waals surface area contributed by atoms with Crippen LogP contribution in [-0.2, 0) is 13.0 Å². The third-order valence-electron chi connectivity index (χ3n) is 4.00. The monoisotopic (exact) mass is 367 g/mol. The van der Waals surface area contributed by atoms with Crippen molar-refractivity contribution < 1.29 is 9.47 Å². The van der Waals surface area contributed by atoms with Crippen molar-refractivity contribution in [2.75, 3.05) is 13.7 Å². The Bertz CT molecular complexity index is 834. The summed E-state index contributed by atoms with van der Waals surface area (Å²) in [5.74, 6) is 2.43. The van der Waals surface area contributed by atoms with Crippen LogP contribution in [0.2, 0.25) is 5.02 Å². The number of halogens is 1. The lowest BCUT2D eigenvalue weighted by Gasteiger charge is -2.09. The van der Waals surface area contributed by atoms with Crippen LogP contribution in [0.25, 0.3) is 0 Å². The molecule has 0 aromatic heterocycles. The van der Waals surface area contributed by atoms with Crippen molar-refractivity contribution in [3.63, 3.8) is 0 Å². The minimum absolute atomic E-state index is 0.783. The van der Waals surface area contributed by atoms with E-state index in [-0.39, 0.29) is 0 Å². The fourth-order valence-corrected chi connectivity index (χ4v) is 2.87. The number of ether oxygens (including phenoxy) is 2. The van der Waals surface area contributed by atoms with Gasteiger partial charge in [0.15, 0.2) is 0 Å². The molecule has 0 fully saturated rings. The maximum atomic E-state index is 6.01. The Kier molecular flexibility index (Phi) is 6.53. The van der Waals surface area contributed by atoms with Crippen LogP contribution in [0.15, 0.2) is 72.8 Å². The molecule has 134 valence electrons. The predicted molar refractivity (Wildman–Crippen MR) is 106 cm³/mol. The van der Waals surface area contributed by atoms with E-state index >= 15 is 0 Å². The Morgan fingerprint density at radius 3 is 2.31 bits per heavy atom. The second-order valence-corrected chi connectivity index (χ2v) is 6.42. The molecule has 0 spiro atoms. The van der Waals surface area contributed by atoms with Crippen LogP contribution in [0, 0.1) is 0 Å². The highest BCUT2D eigenvalue weighted by Crippen LogP contribution is 2.24. The van der Waals surface area contributed by atoms with Crippen LogP contribution >= 0.6 is 11.6 Å². The molecule has 3 nitrogen and oxygen atoms in total. The minimum Gasteiger partial charge on any atom is -0.497 e. The highest BCUT2D eigenvalue weighted by molar-refractivity contribution is 6.30. The molecule has 1 N–H and O–H groups in total. The van der Waals surface area contributed by atoms with Gasteiger partial charge in [0.1, 0.15) is 17.2 Å². The van der Waals surface area contributed by atoms with E-state index in [0.717, 1.165) is 41.8 Å². The minimum atomic E-state index is 0.783. The van der Waals surface area contributed by atoms with Crippen LogP contribution in [-0.4, -0.2) is 13.7 Å². The summed E-state index contributed by atoms with van der Waals surface area (Å²) < 4.78 is 11.1. The van der Waals surface area contributed by atoms with Gasteiger partial charge in [-0.25, -0.2) is 0 Å². The molecule has 0 saturated heterocycles. The highest BCUT2D eigenvalue weighted by atomic mass is 35.5. The van der Waals surface area contributed by atoms with Gasteiger partial charge in [-0.1, -0.05) is 35.9 Å². The molecule has 3 rings (SSSR count). The Morgan fingerprint density at radius 1 is 0.808 bits per heavy atom. The summed E-state index contributed by atoms with van der Waals surface area (Å²) in [5, 5.41) is 4.24. The molecule has 0 atom stereocenters. The molecule has 0 unspecified atom stereocenters. The van der Waals surface area contributed by atoms with Crippen LogP contribution < -0.4 is 14.8 Å². The second kappa shape index (κ2) is 9.27. The van der Waals surface area contributed by atoms with E-state index in [9.17, 15) is 0 Å². The van der Waals surface area contributed by atoms with Crippen molar-refractivity contribution in [2.24, 2.45) is 0 Å². The summed E-state index contributed by atoms with van der Waals surface area (Å²) >= 11 is 6.01. The molecule has 0 amide bonds. The topological polar surface area (TPSA) is 30.5 Å². The van der Waals surface area contributed by atoms with Crippen LogP contribution in [0.3, 0.4) is 0 Å². The molecule has 26 heavy (non-hydrogen) atoms. The molecule has 0 bridgehead atoms. The molecule has 0 saturated carbocycles. The zero-order valence-electron chi connectivity index (χ0n) is 14.7. The van der Waals surface area contributed by atoms with E-state index in [1.54, 1.807) is 7.11 Å². The first-order valence-electron chi connectivity index (χ1n) is 8.59. The van der Waals surface area contributed by atoms with E-state index < -0.39 is 0 Å². The number of nitrogens with one attached hydrogen (secondary N) is 1. The summed E-state index contributed by atoms with van der Waals surface area (Å²) in [5.41, 5.74) is 2.42. The second-order valence-electron chi connectivity index (χ2n) is 5.98. The molecule has 3 aromatic rings. The summed E-state index contributed by atoms with van der Waals surface area (Å²) in [6.45, 7) is 1.68. The first kappa shape index (κ1) is 18.3. The molecule has 3 aromatic carbocycles. The smallest absolute Gasteiger partial charge is 0.127 e. The molecule has 0 aliphatic carbocycles. The SMILES string of the molecule is COc1ccc(Oc2cccc(CNCCc3cccc(Cl)c3)c2)cc1. The Labute approximate surface area is 159 Å². The number of benzene rings is 3. The van der Waals surface area contributed by atoms with Crippen molar-refractivity contribution in [3.05, 3.63) is 88.9 Å². The highest BCUT2D eigenvalue weighted by Gasteiger charge is 2.01. The van der Waals surface area contributed by atoms with E-state index in [4.69, 9.17) is 21.1 Å². The van der Waals surface area contributed by atoms with E-state index in [1.165, 1.54) is 11.1 Å². The van der Waals surface area contributed by atoms with E-state index in [1.807, 2.05) is 54.6 Å². The van der Waals surface area contributed by atoms with Crippen LogP contribution in [0.4, 0.5) is 0 Å². The van der Waals surface area contributed by atoms with Gasteiger partial charge < -0.3 is 14.8 Å². The van der Waals surface area contributed by atoms with Crippen LogP contribution in [0.1, 0.15) is 11.1 Å². The van der Waals surface area contributed by atoms with E-state index in [0.29, 0.717) is 0 Å². The average molecular weight is 368 g/mol. The number of hydrogen-bond acceptors (Lipinski definition) is 3. The maximum absolute atomic E-state index is 6.01. The van der Waals surface area contributed by atoms with Gasteiger partial charge in [-0.15, -0.1) is 0 Å². The normalized spacial score (nSPS) is 10.5. The number of rotatable bonds is 8. The first-order valence-corrected chi connectivity index (χ1v) is 8.97. The Hall–Kier alpha value is -2.49. The standard InChI is InChI=1S/C22H22ClNO2/c1-25-20-8-10-21(11-9-20)26-22-7-3-5-18(15-22)16-24-13-12-17-4-2-6-19(23)14-17/h2-11,14-15,24H,12-13,16H2,1H3. The van der Waals surface area contributed by atoms with Crippen molar-refractivity contribution >= 4 is 11.6 Å². The predicted octanol–water partition coefficient (Wildman–Crippen LogP) is 5.47. The van der Waals surface area contributed by atoms with Gasteiger partial charge in [-0.3, -0.25) is 0 Å². The fourth-order valence-electron chi connectivity index (χ4n) is 2.66. The van der Waals surface area contributed by atoms with Crippen LogP contribution in [0.5, 0.6) is 17.2 Å². The molecular weight excluding hydrogens is 346 g/mol. The Morgan fingerprint density at radius 2 is 1.54 bits per heavy atom. The van der Waals surface area contributed by atoms with Gasteiger partial charge in [0.05, 0.1) is 7.11 Å². The van der Waals surface area contributed by atoms with Crippen molar-refractivity contribution in [1.82, 2.24) is 5.32 Å². The maximum Gasteiger partial charge on any atom is 0.127 e. The van der Waals surface area contributed by atoms with Gasteiger partial charge in [-0.2, -0.15) is 0 Å².